The number of hydrogen-bond donors (Lipinski definition) is 2. The van der Waals surface area contributed by atoms with Crippen molar-refractivity contribution in [3.05, 3.63) is 92.9 Å². The van der Waals surface area contributed by atoms with Gasteiger partial charge in [0.2, 0.25) is 0 Å². The van der Waals surface area contributed by atoms with Gasteiger partial charge in [0.25, 0.3) is 11.5 Å². The van der Waals surface area contributed by atoms with Crippen molar-refractivity contribution in [3.8, 4) is 5.75 Å². The SMILES string of the molecule is Cc1ccc(NC(=O)c2ccc(=O)n(Cc3ccccc3Cl)c2)c(O)c1. The molecule has 2 aromatic carbocycles. The number of carbonyl (C=O) groups is 1. The van der Waals surface area contributed by atoms with Crippen molar-refractivity contribution >= 4 is 23.2 Å². The van der Waals surface area contributed by atoms with Crippen LogP contribution in [0, 0.1) is 6.92 Å². The van der Waals surface area contributed by atoms with Crippen LogP contribution in [0.5, 0.6) is 5.75 Å². The first kappa shape index (κ1) is 17.8. The third-order valence-corrected chi connectivity index (χ3v) is 4.31. The molecule has 0 atom stereocenters. The highest BCUT2D eigenvalue weighted by Crippen LogP contribution is 2.24. The van der Waals surface area contributed by atoms with Crippen LogP contribution in [0.25, 0.3) is 0 Å². The molecular formula is C20H17ClN2O3. The Labute approximate surface area is 155 Å². The Hall–Kier alpha value is -3.05. The Balaban J connectivity index is 1.86. The number of amides is 1. The molecule has 0 radical (unpaired) electrons. The highest BCUT2D eigenvalue weighted by Gasteiger charge is 2.11. The predicted molar refractivity (Wildman–Crippen MR) is 102 cm³/mol. The highest BCUT2D eigenvalue weighted by molar-refractivity contribution is 6.31. The monoisotopic (exact) mass is 368 g/mol. The summed E-state index contributed by atoms with van der Waals surface area (Å²) in [5.74, 6) is -0.431. The van der Waals surface area contributed by atoms with E-state index >= 15 is 0 Å². The van der Waals surface area contributed by atoms with Crippen molar-refractivity contribution in [2.24, 2.45) is 0 Å². The van der Waals surface area contributed by atoms with Crippen LogP contribution in [0.4, 0.5) is 5.69 Å². The average molecular weight is 369 g/mol. The number of halogens is 1. The van der Waals surface area contributed by atoms with Gasteiger partial charge in [-0.05, 0) is 42.3 Å². The molecule has 3 aromatic rings. The number of carbonyl (C=O) groups excluding carboxylic acids is 1. The maximum Gasteiger partial charge on any atom is 0.257 e. The molecule has 0 aliphatic heterocycles. The van der Waals surface area contributed by atoms with Crippen LogP contribution in [-0.4, -0.2) is 15.6 Å². The molecule has 5 nitrogen and oxygen atoms in total. The van der Waals surface area contributed by atoms with Gasteiger partial charge in [-0.3, -0.25) is 9.59 Å². The number of rotatable bonds is 4. The van der Waals surface area contributed by atoms with Gasteiger partial charge in [-0.15, -0.1) is 0 Å². The Bertz CT molecular complexity index is 1030. The van der Waals surface area contributed by atoms with Gasteiger partial charge in [-0.1, -0.05) is 35.9 Å². The zero-order valence-electron chi connectivity index (χ0n) is 14.1. The molecule has 6 heteroatoms. The number of phenols is 1. The van der Waals surface area contributed by atoms with E-state index in [1.165, 1.54) is 22.9 Å². The van der Waals surface area contributed by atoms with E-state index < -0.39 is 5.91 Å². The van der Waals surface area contributed by atoms with Gasteiger partial charge in [-0.2, -0.15) is 0 Å². The summed E-state index contributed by atoms with van der Waals surface area (Å²) in [6.07, 6.45) is 1.48. The lowest BCUT2D eigenvalue weighted by atomic mass is 10.2. The molecule has 0 saturated carbocycles. The molecule has 0 aliphatic rings. The smallest absolute Gasteiger partial charge is 0.257 e. The Morgan fingerprint density at radius 1 is 1.15 bits per heavy atom. The van der Waals surface area contributed by atoms with Crippen molar-refractivity contribution in [1.29, 1.82) is 0 Å². The van der Waals surface area contributed by atoms with E-state index in [-0.39, 0.29) is 17.9 Å². The maximum atomic E-state index is 12.5. The molecule has 3 rings (SSSR count). The molecule has 0 saturated heterocycles. The molecule has 0 aliphatic carbocycles. The lowest BCUT2D eigenvalue weighted by Crippen LogP contribution is -2.22. The number of aryl methyl sites for hydroxylation is 1. The molecule has 26 heavy (non-hydrogen) atoms. The van der Waals surface area contributed by atoms with Crippen molar-refractivity contribution in [2.75, 3.05) is 5.32 Å². The summed E-state index contributed by atoms with van der Waals surface area (Å²) in [4.78, 5) is 24.6. The Morgan fingerprint density at radius 3 is 2.65 bits per heavy atom. The van der Waals surface area contributed by atoms with Gasteiger partial charge in [0, 0.05) is 17.3 Å². The molecule has 0 bridgehead atoms. The second-order valence-electron chi connectivity index (χ2n) is 5.95. The second kappa shape index (κ2) is 7.45. The third-order valence-electron chi connectivity index (χ3n) is 3.95. The second-order valence-corrected chi connectivity index (χ2v) is 6.36. The Kier molecular flexibility index (Phi) is 5.09. The van der Waals surface area contributed by atoms with Gasteiger partial charge < -0.3 is 15.0 Å². The largest absolute Gasteiger partial charge is 0.506 e. The number of anilines is 1. The van der Waals surface area contributed by atoms with E-state index in [0.29, 0.717) is 16.3 Å². The molecule has 1 amide bonds. The minimum absolute atomic E-state index is 0.0114. The minimum Gasteiger partial charge on any atom is -0.506 e. The summed E-state index contributed by atoms with van der Waals surface area (Å²) in [7, 11) is 0. The van der Waals surface area contributed by atoms with Crippen molar-refractivity contribution < 1.29 is 9.90 Å². The van der Waals surface area contributed by atoms with E-state index in [1.54, 1.807) is 24.3 Å². The van der Waals surface area contributed by atoms with Gasteiger partial charge >= 0.3 is 0 Å². The minimum atomic E-state index is -0.419. The number of aromatic hydroxyl groups is 1. The molecule has 1 heterocycles. The van der Waals surface area contributed by atoms with Crippen LogP contribution in [0.3, 0.4) is 0 Å². The normalized spacial score (nSPS) is 10.5. The number of pyridine rings is 1. The lowest BCUT2D eigenvalue weighted by Gasteiger charge is -2.11. The van der Waals surface area contributed by atoms with E-state index in [0.717, 1.165) is 11.1 Å². The number of hydrogen-bond acceptors (Lipinski definition) is 3. The van der Waals surface area contributed by atoms with Crippen LogP contribution >= 0.6 is 11.6 Å². The number of nitrogens with one attached hydrogen (secondary N) is 1. The van der Waals surface area contributed by atoms with E-state index in [2.05, 4.69) is 5.32 Å². The Morgan fingerprint density at radius 2 is 1.92 bits per heavy atom. The summed E-state index contributed by atoms with van der Waals surface area (Å²) in [6.45, 7) is 2.10. The first-order valence-corrected chi connectivity index (χ1v) is 8.37. The lowest BCUT2D eigenvalue weighted by molar-refractivity contribution is 0.102. The molecular weight excluding hydrogens is 352 g/mol. The summed E-state index contributed by atoms with van der Waals surface area (Å²) in [6, 6.07) is 15.0. The fourth-order valence-electron chi connectivity index (χ4n) is 2.54. The molecule has 0 spiro atoms. The summed E-state index contributed by atoms with van der Waals surface area (Å²) < 4.78 is 1.42. The highest BCUT2D eigenvalue weighted by atomic mass is 35.5. The van der Waals surface area contributed by atoms with Crippen LogP contribution < -0.4 is 10.9 Å². The topological polar surface area (TPSA) is 71.3 Å². The van der Waals surface area contributed by atoms with Gasteiger partial charge in [0.15, 0.2) is 0 Å². The van der Waals surface area contributed by atoms with E-state index in [1.807, 2.05) is 25.1 Å². The summed E-state index contributed by atoms with van der Waals surface area (Å²) in [5.41, 5.74) is 2.04. The first-order valence-electron chi connectivity index (χ1n) is 7.99. The van der Waals surface area contributed by atoms with Crippen LogP contribution in [0.1, 0.15) is 21.5 Å². The van der Waals surface area contributed by atoms with Crippen LogP contribution in [0.15, 0.2) is 65.6 Å². The van der Waals surface area contributed by atoms with Gasteiger partial charge in [0.1, 0.15) is 5.75 Å². The van der Waals surface area contributed by atoms with Gasteiger partial charge in [0.05, 0.1) is 17.8 Å². The van der Waals surface area contributed by atoms with Crippen molar-refractivity contribution in [3.63, 3.8) is 0 Å². The summed E-state index contributed by atoms with van der Waals surface area (Å²) in [5, 5.41) is 13.1. The number of aromatic nitrogens is 1. The van der Waals surface area contributed by atoms with E-state index in [9.17, 15) is 14.7 Å². The quantitative estimate of drug-likeness (QED) is 0.688. The third kappa shape index (κ3) is 3.95. The fraction of sp³-hybridized carbons (Fsp3) is 0.100. The molecule has 0 unspecified atom stereocenters. The zero-order valence-corrected chi connectivity index (χ0v) is 14.8. The van der Waals surface area contributed by atoms with Crippen LogP contribution in [0.2, 0.25) is 5.02 Å². The zero-order chi connectivity index (χ0) is 18.7. The van der Waals surface area contributed by atoms with Crippen molar-refractivity contribution in [1.82, 2.24) is 4.57 Å². The van der Waals surface area contributed by atoms with Crippen molar-refractivity contribution in [2.45, 2.75) is 13.5 Å². The van der Waals surface area contributed by atoms with E-state index in [4.69, 9.17) is 11.6 Å². The summed E-state index contributed by atoms with van der Waals surface area (Å²) >= 11 is 6.14. The van der Waals surface area contributed by atoms with Gasteiger partial charge in [-0.25, -0.2) is 0 Å². The molecule has 0 fully saturated rings. The number of phenolic OH excluding ortho intramolecular Hbond substituents is 1. The first-order chi connectivity index (χ1) is 12.4. The average Bonchev–Trinajstić information content (AvgIpc) is 2.61. The number of nitrogens with zero attached hydrogens (tertiary/aromatic N) is 1. The maximum absolute atomic E-state index is 12.5. The molecule has 1 aromatic heterocycles. The molecule has 2 N–H and O–H groups in total. The fourth-order valence-corrected chi connectivity index (χ4v) is 2.74. The predicted octanol–water partition coefficient (Wildman–Crippen LogP) is 3.82. The van der Waals surface area contributed by atoms with Crippen LogP contribution in [-0.2, 0) is 6.54 Å². The molecule has 132 valence electrons. The standard InChI is InChI=1S/C20H17ClN2O3/c1-13-6-8-17(18(24)10-13)22-20(26)15-7-9-19(25)23(12-15)11-14-4-2-3-5-16(14)21/h2-10,12,24H,11H2,1H3,(H,22,26). The number of benzene rings is 2.